The molecule has 2 aromatic heterocycles. The number of para-hydroxylation sites is 1. The minimum Gasteiger partial charge on any atom is -0.481 e. The van der Waals surface area contributed by atoms with Gasteiger partial charge in [-0.05, 0) is 36.4 Å². The zero-order valence-electron chi connectivity index (χ0n) is 16.0. The Balaban J connectivity index is 1.73. The molecule has 2 heterocycles. The van der Waals surface area contributed by atoms with Gasteiger partial charge in [0, 0.05) is 11.1 Å². The van der Waals surface area contributed by atoms with Crippen molar-refractivity contribution in [2.24, 2.45) is 0 Å². The molecule has 0 spiro atoms. The first-order chi connectivity index (χ1) is 14.5. The summed E-state index contributed by atoms with van der Waals surface area (Å²) in [6.45, 7) is 0. The molecule has 6 nitrogen and oxygen atoms in total. The number of carboxylic acids is 1. The maximum absolute atomic E-state index is 12.0. The van der Waals surface area contributed by atoms with Crippen molar-refractivity contribution in [3.8, 4) is 11.3 Å². The minimum absolute atomic E-state index is 0.186. The van der Waals surface area contributed by atoms with Gasteiger partial charge >= 0.3 is 11.9 Å². The number of ether oxygens (including phenoxy) is 1. The highest BCUT2D eigenvalue weighted by atomic mass is 32.1. The molecule has 0 amide bonds. The summed E-state index contributed by atoms with van der Waals surface area (Å²) in [7, 11) is 1.32. The van der Waals surface area contributed by atoms with Gasteiger partial charge < -0.3 is 14.3 Å². The lowest BCUT2D eigenvalue weighted by atomic mass is 10.1. The van der Waals surface area contributed by atoms with Crippen LogP contribution in [0.4, 0.5) is 0 Å². The SMILES string of the molecule is COC(=O)c1ccccc1-c1ccc(/C=C(\CC(=O)O)c2nc3ccccc3s2)o1. The van der Waals surface area contributed by atoms with E-state index in [2.05, 4.69) is 4.98 Å². The van der Waals surface area contributed by atoms with Crippen LogP contribution in [0, 0.1) is 0 Å². The van der Waals surface area contributed by atoms with E-state index in [9.17, 15) is 14.7 Å². The number of thiazole rings is 1. The average molecular weight is 419 g/mol. The number of hydrogen-bond acceptors (Lipinski definition) is 6. The summed E-state index contributed by atoms with van der Waals surface area (Å²) < 4.78 is 11.7. The monoisotopic (exact) mass is 419 g/mol. The number of aromatic nitrogens is 1. The van der Waals surface area contributed by atoms with E-state index in [1.807, 2.05) is 24.3 Å². The van der Waals surface area contributed by atoms with Crippen molar-refractivity contribution in [3.05, 3.63) is 77.0 Å². The second-order valence-electron chi connectivity index (χ2n) is 6.47. The number of carbonyl (C=O) groups excluding carboxylic acids is 1. The molecular formula is C23H17NO5S. The number of benzene rings is 2. The molecule has 0 atom stereocenters. The number of aliphatic carboxylic acids is 1. The third-order valence-corrected chi connectivity index (χ3v) is 5.56. The second-order valence-corrected chi connectivity index (χ2v) is 7.50. The van der Waals surface area contributed by atoms with Crippen molar-refractivity contribution in [1.82, 2.24) is 4.98 Å². The van der Waals surface area contributed by atoms with Crippen molar-refractivity contribution >= 4 is 45.1 Å². The van der Waals surface area contributed by atoms with Gasteiger partial charge in [0.1, 0.15) is 16.5 Å². The normalized spacial score (nSPS) is 11.6. The van der Waals surface area contributed by atoms with Crippen molar-refractivity contribution < 1.29 is 23.8 Å². The first-order valence-electron chi connectivity index (χ1n) is 9.11. The van der Waals surface area contributed by atoms with E-state index in [0.717, 1.165) is 10.2 Å². The molecule has 1 N–H and O–H groups in total. The van der Waals surface area contributed by atoms with Gasteiger partial charge in [-0.25, -0.2) is 9.78 Å². The molecule has 0 unspecified atom stereocenters. The molecule has 0 radical (unpaired) electrons. The molecule has 0 saturated heterocycles. The standard InChI is InChI=1S/C23H17NO5S/c1-28-23(27)17-7-3-2-6-16(17)19-11-10-15(29-19)12-14(13-21(25)26)22-24-18-8-4-5-9-20(18)30-22/h2-12H,13H2,1H3,(H,25,26)/b14-12+. The van der Waals surface area contributed by atoms with E-state index in [1.54, 1.807) is 42.5 Å². The van der Waals surface area contributed by atoms with Gasteiger partial charge in [-0.15, -0.1) is 11.3 Å². The molecule has 0 aliphatic rings. The van der Waals surface area contributed by atoms with E-state index in [-0.39, 0.29) is 6.42 Å². The zero-order chi connectivity index (χ0) is 21.1. The van der Waals surface area contributed by atoms with Crippen LogP contribution in [0.5, 0.6) is 0 Å². The first kappa shape index (κ1) is 19.6. The van der Waals surface area contributed by atoms with E-state index >= 15 is 0 Å². The van der Waals surface area contributed by atoms with Crippen LogP contribution in [0.3, 0.4) is 0 Å². The fraction of sp³-hybridized carbons (Fsp3) is 0.0870. The van der Waals surface area contributed by atoms with Crippen LogP contribution in [0.25, 0.3) is 33.2 Å². The highest BCUT2D eigenvalue weighted by Gasteiger charge is 2.17. The lowest BCUT2D eigenvalue weighted by molar-refractivity contribution is -0.135. The quantitative estimate of drug-likeness (QED) is 0.423. The van der Waals surface area contributed by atoms with Crippen LogP contribution in [-0.2, 0) is 9.53 Å². The maximum atomic E-state index is 12.0. The van der Waals surface area contributed by atoms with Crippen molar-refractivity contribution in [2.45, 2.75) is 6.42 Å². The van der Waals surface area contributed by atoms with E-state index in [0.29, 0.717) is 33.2 Å². The molecule has 0 aliphatic heterocycles. The lowest BCUT2D eigenvalue weighted by Gasteiger charge is -2.05. The second kappa shape index (κ2) is 8.34. The maximum Gasteiger partial charge on any atom is 0.338 e. The van der Waals surface area contributed by atoms with Gasteiger partial charge in [0.25, 0.3) is 0 Å². The summed E-state index contributed by atoms with van der Waals surface area (Å²) in [5.41, 5.74) is 2.36. The minimum atomic E-state index is -0.955. The molecule has 7 heteroatoms. The zero-order valence-corrected chi connectivity index (χ0v) is 16.8. The number of methoxy groups -OCH3 is 1. The Bertz CT molecular complexity index is 1230. The number of furan rings is 1. The van der Waals surface area contributed by atoms with Crippen LogP contribution in [-0.4, -0.2) is 29.1 Å². The van der Waals surface area contributed by atoms with Crippen LogP contribution in [0.2, 0.25) is 0 Å². The number of nitrogens with zero attached hydrogens (tertiary/aromatic N) is 1. The third kappa shape index (κ3) is 4.01. The van der Waals surface area contributed by atoms with Crippen LogP contribution in [0.1, 0.15) is 27.5 Å². The van der Waals surface area contributed by atoms with E-state index in [1.165, 1.54) is 18.4 Å². The number of fused-ring (bicyclic) bond motifs is 1. The first-order valence-corrected chi connectivity index (χ1v) is 9.92. The fourth-order valence-corrected chi connectivity index (χ4v) is 4.07. The smallest absolute Gasteiger partial charge is 0.338 e. The van der Waals surface area contributed by atoms with Gasteiger partial charge in [0.15, 0.2) is 0 Å². The van der Waals surface area contributed by atoms with Gasteiger partial charge in [0.05, 0.1) is 29.3 Å². The molecule has 0 saturated carbocycles. The van der Waals surface area contributed by atoms with Gasteiger partial charge in [-0.1, -0.05) is 30.3 Å². The Hall–Kier alpha value is -3.71. The van der Waals surface area contributed by atoms with E-state index in [4.69, 9.17) is 9.15 Å². The molecule has 30 heavy (non-hydrogen) atoms. The van der Waals surface area contributed by atoms with Crippen LogP contribution >= 0.6 is 11.3 Å². The summed E-state index contributed by atoms with van der Waals surface area (Å²) >= 11 is 1.43. The Kier molecular flexibility index (Phi) is 5.45. The molecule has 0 aliphatic carbocycles. The van der Waals surface area contributed by atoms with Crippen LogP contribution in [0.15, 0.2) is 65.1 Å². The molecule has 2 aromatic carbocycles. The largest absolute Gasteiger partial charge is 0.481 e. The summed E-state index contributed by atoms with van der Waals surface area (Å²) in [6.07, 6.45) is 1.49. The Morgan fingerprint density at radius 3 is 2.63 bits per heavy atom. The number of carboxylic acid groups (broad SMARTS) is 1. The predicted octanol–water partition coefficient (Wildman–Crippen LogP) is 5.36. The van der Waals surface area contributed by atoms with Crippen LogP contribution < -0.4 is 0 Å². The Morgan fingerprint density at radius 2 is 1.87 bits per heavy atom. The molecule has 0 fully saturated rings. The van der Waals surface area contributed by atoms with Crippen molar-refractivity contribution in [2.75, 3.05) is 7.11 Å². The number of esters is 1. The van der Waals surface area contributed by atoms with Crippen molar-refractivity contribution in [3.63, 3.8) is 0 Å². The lowest BCUT2D eigenvalue weighted by Crippen LogP contribution is -2.02. The molecule has 4 aromatic rings. The highest BCUT2D eigenvalue weighted by Crippen LogP contribution is 2.32. The summed E-state index contributed by atoms with van der Waals surface area (Å²) in [4.78, 5) is 28.0. The molecule has 4 rings (SSSR count). The third-order valence-electron chi connectivity index (χ3n) is 4.45. The van der Waals surface area contributed by atoms with Gasteiger partial charge in [-0.3, -0.25) is 4.79 Å². The Labute approximate surface area is 176 Å². The highest BCUT2D eigenvalue weighted by molar-refractivity contribution is 7.19. The predicted molar refractivity (Wildman–Crippen MR) is 115 cm³/mol. The summed E-state index contributed by atoms with van der Waals surface area (Å²) in [5, 5.41) is 9.99. The number of rotatable bonds is 6. The van der Waals surface area contributed by atoms with E-state index < -0.39 is 11.9 Å². The summed E-state index contributed by atoms with van der Waals surface area (Å²) in [5.74, 6) is -0.454. The van der Waals surface area contributed by atoms with Gasteiger partial charge in [0.2, 0.25) is 0 Å². The molecule has 0 bridgehead atoms. The molecule has 150 valence electrons. The topological polar surface area (TPSA) is 89.6 Å². The Morgan fingerprint density at radius 1 is 1.10 bits per heavy atom. The number of hydrogen-bond donors (Lipinski definition) is 1. The average Bonchev–Trinajstić information content (AvgIpc) is 3.39. The summed E-state index contributed by atoms with van der Waals surface area (Å²) in [6, 6.07) is 18.1. The number of carbonyl (C=O) groups is 2. The van der Waals surface area contributed by atoms with Crippen molar-refractivity contribution in [1.29, 1.82) is 0 Å². The van der Waals surface area contributed by atoms with Gasteiger partial charge in [-0.2, -0.15) is 0 Å². The fourth-order valence-electron chi connectivity index (χ4n) is 3.09. The molecular weight excluding hydrogens is 402 g/mol.